The molecule has 0 aliphatic heterocycles. The summed E-state index contributed by atoms with van der Waals surface area (Å²) >= 11 is 0. The normalized spacial score (nSPS) is 14.6. The SMILES string of the molecule is CCNC(=NCc1ccc(OC)c(OC)c1OC)NC1CCCC1.I. The van der Waals surface area contributed by atoms with Crippen molar-refractivity contribution in [2.45, 2.75) is 45.2 Å². The maximum Gasteiger partial charge on any atom is 0.203 e. The molecule has 0 aromatic heterocycles. The van der Waals surface area contributed by atoms with Gasteiger partial charge in [-0.05, 0) is 31.9 Å². The number of aliphatic imine (C=N–C) groups is 1. The molecule has 0 atom stereocenters. The van der Waals surface area contributed by atoms with Gasteiger partial charge < -0.3 is 24.8 Å². The van der Waals surface area contributed by atoms with E-state index in [1.54, 1.807) is 21.3 Å². The molecule has 6 nitrogen and oxygen atoms in total. The van der Waals surface area contributed by atoms with Crippen LogP contribution < -0.4 is 24.8 Å². The van der Waals surface area contributed by atoms with Crippen LogP contribution >= 0.6 is 24.0 Å². The number of hydrogen-bond donors (Lipinski definition) is 2. The molecule has 0 radical (unpaired) electrons. The van der Waals surface area contributed by atoms with Crippen LogP contribution in [0.15, 0.2) is 17.1 Å². The highest BCUT2D eigenvalue weighted by Gasteiger charge is 2.17. The van der Waals surface area contributed by atoms with E-state index in [4.69, 9.17) is 19.2 Å². The van der Waals surface area contributed by atoms with Crippen LogP contribution in [0.2, 0.25) is 0 Å². The average Bonchev–Trinajstić information content (AvgIpc) is 3.11. The van der Waals surface area contributed by atoms with Crippen LogP contribution in [0, 0.1) is 0 Å². The summed E-state index contributed by atoms with van der Waals surface area (Å²) in [5, 5.41) is 6.83. The van der Waals surface area contributed by atoms with E-state index in [1.807, 2.05) is 12.1 Å². The number of guanidine groups is 1. The van der Waals surface area contributed by atoms with E-state index in [9.17, 15) is 0 Å². The van der Waals surface area contributed by atoms with Crippen LogP contribution in [0.5, 0.6) is 17.2 Å². The smallest absolute Gasteiger partial charge is 0.203 e. The Labute approximate surface area is 167 Å². The molecule has 1 fully saturated rings. The fourth-order valence-corrected chi connectivity index (χ4v) is 3.04. The van der Waals surface area contributed by atoms with Crippen molar-refractivity contribution < 1.29 is 14.2 Å². The van der Waals surface area contributed by atoms with Gasteiger partial charge >= 0.3 is 0 Å². The molecule has 2 rings (SSSR count). The van der Waals surface area contributed by atoms with Gasteiger partial charge in [-0.25, -0.2) is 4.99 Å². The van der Waals surface area contributed by atoms with Gasteiger partial charge in [0.2, 0.25) is 5.75 Å². The summed E-state index contributed by atoms with van der Waals surface area (Å²) in [5.74, 6) is 2.76. The maximum atomic E-state index is 5.52. The lowest BCUT2D eigenvalue weighted by Crippen LogP contribution is -2.42. The second-order valence-corrected chi connectivity index (χ2v) is 5.81. The Morgan fingerprint density at radius 3 is 2.32 bits per heavy atom. The first-order valence-corrected chi connectivity index (χ1v) is 8.56. The van der Waals surface area contributed by atoms with Crippen molar-refractivity contribution in [1.29, 1.82) is 0 Å². The number of hydrogen-bond acceptors (Lipinski definition) is 4. The summed E-state index contributed by atoms with van der Waals surface area (Å²) in [6, 6.07) is 4.36. The van der Waals surface area contributed by atoms with Crippen molar-refractivity contribution >= 4 is 29.9 Å². The molecule has 1 aromatic rings. The molecular weight excluding hydrogens is 433 g/mol. The van der Waals surface area contributed by atoms with Gasteiger partial charge in [0.1, 0.15) is 0 Å². The summed E-state index contributed by atoms with van der Waals surface area (Å²) < 4.78 is 16.3. The predicted molar refractivity (Wildman–Crippen MR) is 112 cm³/mol. The van der Waals surface area contributed by atoms with Crippen molar-refractivity contribution in [2.24, 2.45) is 4.99 Å². The number of ether oxygens (including phenoxy) is 3. The monoisotopic (exact) mass is 463 g/mol. The van der Waals surface area contributed by atoms with Crippen molar-refractivity contribution in [3.05, 3.63) is 17.7 Å². The highest BCUT2D eigenvalue weighted by Crippen LogP contribution is 2.39. The lowest BCUT2D eigenvalue weighted by molar-refractivity contribution is 0.322. The number of nitrogens with zero attached hydrogens (tertiary/aromatic N) is 1. The van der Waals surface area contributed by atoms with Crippen LogP contribution in [-0.4, -0.2) is 39.9 Å². The van der Waals surface area contributed by atoms with Gasteiger partial charge in [-0.2, -0.15) is 0 Å². The molecule has 1 aliphatic rings. The number of halogens is 1. The standard InChI is InChI=1S/C18H29N3O3.HI/c1-5-19-18(21-14-8-6-7-9-14)20-12-13-10-11-15(22-2)17(24-4)16(13)23-3;/h10-11,14H,5-9,12H2,1-4H3,(H2,19,20,21);1H. The fraction of sp³-hybridized carbons (Fsp3) is 0.611. The summed E-state index contributed by atoms with van der Waals surface area (Å²) in [5.41, 5.74) is 0.957. The molecule has 0 amide bonds. The Morgan fingerprint density at radius 2 is 1.76 bits per heavy atom. The third kappa shape index (κ3) is 5.83. The van der Waals surface area contributed by atoms with Crippen molar-refractivity contribution in [2.75, 3.05) is 27.9 Å². The van der Waals surface area contributed by atoms with E-state index in [-0.39, 0.29) is 24.0 Å². The van der Waals surface area contributed by atoms with Gasteiger partial charge in [0.15, 0.2) is 17.5 Å². The summed E-state index contributed by atoms with van der Waals surface area (Å²) in [6.45, 7) is 3.41. The number of rotatable bonds is 7. The molecule has 0 bridgehead atoms. The fourth-order valence-electron chi connectivity index (χ4n) is 3.04. The average molecular weight is 463 g/mol. The molecule has 1 saturated carbocycles. The summed E-state index contributed by atoms with van der Waals surface area (Å²) in [4.78, 5) is 4.70. The van der Waals surface area contributed by atoms with Crippen LogP contribution in [0.25, 0.3) is 0 Å². The maximum absolute atomic E-state index is 5.52. The molecule has 25 heavy (non-hydrogen) atoms. The third-order valence-electron chi connectivity index (χ3n) is 4.23. The van der Waals surface area contributed by atoms with Crippen molar-refractivity contribution in [3.8, 4) is 17.2 Å². The number of nitrogens with one attached hydrogen (secondary N) is 2. The van der Waals surface area contributed by atoms with E-state index in [0.717, 1.165) is 18.1 Å². The van der Waals surface area contributed by atoms with Gasteiger partial charge in [-0.3, -0.25) is 0 Å². The lowest BCUT2D eigenvalue weighted by Gasteiger charge is -2.18. The van der Waals surface area contributed by atoms with Gasteiger partial charge in [0, 0.05) is 18.2 Å². The molecule has 7 heteroatoms. The highest BCUT2D eigenvalue weighted by atomic mass is 127. The second kappa shape index (κ2) is 11.3. The van der Waals surface area contributed by atoms with Crippen molar-refractivity contribution in [1.82, 2.24) is 10.6 Å². The largest absolute Gasteiger partial charge is 0.493 e. The van der Waals surface area contributed by atoms with Gasteiger partial charge in [0.25, 0.3) is 0 Å². The minimum atomic E-state index is 0. The summed E-state index contributed by atoms with van der Waals surface area (Å²) in [6.07, 6.45) is 5.01. The Hall–Kier alpha value is -1.38. The first kappa shape index (κ1) is 21.7. The Bertz CT molecular complexity index is 561. The van der Waals surface area contributed by atoms with Crippen LogP contribution in [0.1, 0.15) is 38.2 Å². The molecule has 1 aliphatic carbocycles. The lowest BCUT2D eigenvalue weighted by atomic mass is 10.1. The van der Waals surface area contributed by atoms with Crippen molar-refractivity contribution in [3.63, 3.8) is 0 Å². The molecule has 0 spiro atoms. The summed E-state index contributed by atoms with van der Waals surface area (Å²) in [7, 11) is 4.86. The second-order valence-electron chi connectivity index (χ2n) is 5.81. The van der Waals surface area contributed by atoms with Gasteiger partial charge in [-0.1, -0.05) is 12.8 Å². The van der Waals surface area contributed by atoms with E-state index in [2.05, 4.69) is 17.6 Å². The topological polar surface area (TPSA) is 64.1 Å². The zero-order valence-corrected chi connectivity index (χ0v) is 17.9. The van der Waals surface area contributed by atoms with Gasteiger partial charge in [0.05, 0.1) is 27.9 Å². The molecule has 0 heterocycles. The number of methoxy groups -OCH3 is 3. The third-order valence-corrected chi connectivity index (χ3v) is 4.23. The zero-order valence-electron chi connectivity index (χ0n) is 15.6. The first-order chi connectivity index (χ1) is 11.7. The van der Waals surface area contributed by atoms with E-state index >= 15 is 0 Å². The zero-order chi connectivity index (χ0) is 17.4. The van der Waals surface area contributed by atoms with E-state index < -0.39 is 0 Å². The van der Waals surface area contributed by atoms with Crippen LogP contribution in [0.3, 0.4) is 0 Å². The molecule has 2 N–H and O–H groups in total. The Kier molecular flexibility index (Phi) is 9.77. The molecule has 0 unspecified atom stereocenters. The minimum absolute atomic E-state index is 0. The number of benzene rings is 1. The Morgan fingerprint density at radius 1 is 1.08 bits per heavy atom. The Balaban J connectivity index is 0.00000312. The molecule has 142 valence electrons. The quantitative estimate of drug-likeness (QED) is 0.369. The molecular formula is C18H30IN3O3. The predicted octanol–water partition coefficient (Wildman–Crippen LogP) is 3.33. The highest BCUT2D eigenvalue weighted by molar-refractivity contribution is 14.0. The molecule has 1 aromatic carbocycles. The molecule has 0 saturated heterocycles. The van der Waals surface area contributed by atoms with E-state index in [0.29, 0.717) is 29.8 Å². The van der Waals surface area contributed by atoms with Crippen LogP contribution in [-0.2, 0) is 6.54 Å². The van der Waals surface area contributed by atoms with E-state index in [1.165, 1.54) is 25.7 Å². The van der Waals surface area contributed by atoms with Crippen LogP contribution in [0.4, 0.5) is 0 Å². The minimum Gasteiger partial charge on any atom is -0.493 e. The first-order valence-electron chi connectivity index (χ1n) is 8.56. The van der Waals surface area contributed by atoms with Gasteiger partial charge in [-0.15, -0.1) is 24.0 Å².